The topological polar surface area (TPSA) is 32.3 Å². The Labute approximate surface area is 123 Å². The lowest BCUT2D eigenvalue weighted by molar-refractivity contribution is -0.133. The lowest BCUT2D eigenvalue weighted by atomic mass is 9.83. The number of rotatable bonds is 3. The van der Waals surface area contributed by atoms with Gasteiger partial charge in [-0.05, 0) is 44.4 Å². The van der Waals surface area contributed by atoms with E-state index in [1.54, 1.807) is 0 Å². The van der Waals surface area contributed by atoms with E-state index >= 15 is 0 Å². The van der Waals surface area contributed by atoms with Gasteiger partial charge in [0.1, 0.15) is 0 Å². The molecule has 0 spiro atoms. The second-order valence-corrected chi connectivity index (χ2v) is 7.22. The summed E-state index contributed by atoms with van der Waals surface area (Å²) < 4.78 is 0. The minimum atomic E-state index is 0.0302. The van der Waals surface area contributed by atoms with Crippen LogP contribution in [0.25, 0.3) is 0 Å². The fourth-order valence-corrected chi connectivity index (χ4v) is 4.70. The van der Waals surface area contributed by atoms with E-state index in [0.717, 1.165) is 5.92 Å². The van der Waals surface area contributed by atoms with Crippen molar-refractivity contribution in [3.05, 3.63) is 0 Å². The Hall–Kier alpha value is -0.570. The van der Waals surface area contributed by atoms with E-state index < -0.39 is 0 Å². The second-order valence-electron chi connectivity index (χ2n) is 7.22. The monoisotopic (exact) mass is 278 g/mol. The minimum Gasteiger partial charge on any atom is -0.323 e. The summed E-state index contributed by atoms with van der Waals surface area (Å²) in [6.45, 7) is 4.35. The Kier molecular flexibility index (Phi) is 4.34. The molecule has 0 aromatic rings. The first-order valence-corrected chi connectivity index (χ1v) is 8.79. The SMILES string of the molecule is CCC1CCCC(N2C(=O)C(C)NC2C2CCCC2)C1. The first kappa shape index (κ1) is 14.4. The molecule has 3 heteroatoms. The molecule has 0 bridgehead atoms. The van der Waals surface area contributed by atoms with E-state index in [1.807, 2.05) is 6.92 Å². The van der Waals surface area contributed by atoms with Gasteiger partial charge in [0.2, 0.25) is 5.91 Å². The summed E-state index contributed by atoms with van der Waals surface area (Å²) >= 11 is 0. The summed E-state index contributed by atoms with van der Waals surface area (Å²) in [4.78, 5) is 14.9. The van der Waals surface area contributed by atoms with Crippen molar-refractivity contribution in [2.75, 3.05) is 0 Å². The normalized spacial score (nSPS) is 39.7. The van der Waals surface area contributed by atoms with Crippen LogP contribution in [0.3, 0.4) is 0 Å². The van der Waals surface area contributed by atoms with E-state index in [9.17, 15) is 4.79 Å². The van der Waals surface area contributed by atoms with Crippen LogP contribution in [0.5, 0.6) is 0 Å². The lowest BCUT2D eigenvalue weighted by Crippen LogP contribution is -2.49. The van der Waals surface area contributed by atoms with Crippen LogP contribution in [0.2, 0.25) is 0 Å². The minimum absolute atomic E-state index is 0.0302. The van der Waals surface area contributed by atoms with E-state index in [4.69, 9.17) is 0 Å². The summed E-state index contributed by atoms with van der Waals surface area (Å²) in [5, 5.41) is 3.60. The second kappa shape index (κ2) is 6.05. The molecule has 114 valence electrons. The molecule has 3 nitrogen and oxygen atoms in total. The van der Waals surface area contributed by atoms with Gasteiger partial charge in [0.15, 0.2) is 0 Å². The molecule has 2 saturated carbocycles. The average Bonchev–Trinajstić information content (AvgIpc) is 3.08. The molecule has 3 aliphatic rings. The number of hydrogen-bond donors (Lipinski definition) is 1. The maximum absolute atomic E-state index is 12.6. The summed E-state index contributed by atoms with van der Waals surface area (Å²) in [5.74, 6) is 1.90. The number of nitrogens with one attached hydrogen (secondary N) is 1. The van der Waals surface area contributed by atoms with Crippen LogP contribution in [0.15, 0.2) is 0 Å². The summed E-state index contributed by atoms with van der Waals surface area (Å²) in [6.07, 6.45) is 12.0. The van der Waals surface area contributed by atoms with Crippen molar-refractivity contribution in [1.82, 2.24) is 10.2 Å². The third-order valence-corrected chi connectivity index (χ3v) is 5.92. The van der Waals surface area contributed by atoms with Gasteiger partial charge in [-0.25, -0.2) is 0 Å². The molecule has 1 aliphatic heterocycles. The Balaban J connectivity index is 1.74. The van der Waals surface area contributed by atoms with Crippen LogP contribution in [-0.2, 0) is 4.79 Å². The summed E-state index contributed by atoms with van der Waals surface area (Å²) in [5.41, 5.74) is 0. The van der Waals surface area contributed by atoms with Crippen LogP contribution in [0.1, 0.15) is 71.6 Å². The van der Waals surface area contributed by atoms with Crippen LogP contribution in [-0.4, -0.2) is 29.1 Å². The molecule has 3 rings (SSSR count). The Morgan fingerprint density at radius 2 is 1.90 bits per heavy atom. The zero-order valence-electron chi connectivity index (χ0n) is 13.1. The molecule has 0 radical (unpaired) electrons. The largest absolute Gasteiger partial charge is 0.323 e. The number of carbonyl (C=O) groups is 1. The molecule has 20 heavy (non-hydrogen) atoms. The number of amides is 1. The third-order valence-electron chi connectivity index (χ3n) is 5.92. The predicted octanol–water partition coefficient (Wildman–Crippen LogP) is 3.29. The standard InChI is InChI=1S/C17H30N2O/c1-3-13-7-6-10-15(11-13)19-16(14-8-4-5-9-14)18-12(2)17(19)20/h12-16,18H,3-11H2,1-2H3. The lowest BCUT2D eigenvalue weighted by Gasteiger charge is -2.40. The fourth-order valence-electron chi connectivity index (χ4n) is 4.70. The van der Waals surface area contributed by atoms with Crippen molar-refractivity contribution < 1.29 is 4.79 Å². The van der Waals surface area contributed by atoms with E-state index in [2.05, 4.69) is 17.1 Å². The first-order chi connectivity index (χ1) is 9.70. The quantitative estimate of drug-likeness (QED) is 0.859. The number of hydrogen-bond acceptors (Lipinski definition) is 2. The molecular weight excluding hydrogens is 248 g/mol. The molecule has 4 unspecified atom stereocenters. The third kappa shape index (κ3) is 2.61. The van der Waals surface area contributed by atoms with E-state index in [0.29, 0.717) is 24.0 Å². The van der Waals surface area contributed by atoms with Gasteiger partial charge in [0.05, 0.1) is 12.2 Å². The molecule has 4 atom stereocenters. The van der Waals surface area contributed by atoms with Crippen molar-refractivity contribution in [3.8, 4) is 0 Å². The van der Waals surface area contributed by atoms with Crippen molar-refractivity contribution in [3.63, 3.8) is 0 Å². The number of carbonyl (C=O) groups excluding carboxylic acids is 1. The maximum Gasteiger partial charge on any atom is 0.240 e. The van der Waals surface area contributed by atoms with Gasteiger partial charge >= 0.3 is 0 Å². The molecular formula is C17H30N2O. The highest BCUT2D eigenvalue weighted by Crippen LogP contribution is 2.37. The first-order valence-electron chi connectivity index (χ1n) is 8.79. The van der Waals surface area contributed by atoms with Gasteiger partial charge in [-0.15, -0.1) is 0 Å². The molecule has 1 N–H and O–H groups in total. The maximum atomic E-state index is 12.6. The van der Waals surface area contributed by atoms with Crippen molar-refractivity contribution in [2.45, 2.75) is 89.9 Å². The van der Waals surface area contributed by atoms with E-state index in [-0.39, 0.29) is 6.04 Å². The molecule has 0 aromatic carbocycles. The smallest absolute Gasteiger partial charge is 0.240 e. The molecule has 0 aromatic heterocycles. The fraction of sp³-hybridized carbons (Fsp3) is 0.941. The summed E-state index contributed by atoms with van der Waals surface area (Å²) in [7, 11) is 0. The molecule has 1 saturated heterocycles. The Morgan fingerprint density at radius 1 is 1.15 bits per heavy atom. The van der Waals surface area contributed by atoms with Gasteiger partial charge in [0, 0.05) is 6.04 Å². The van der Waals surface area contributed by atoms with Gasteiger partial charge in [-0.3, -0.25) is 10.1 Å². The van der Waals surface area contributed by atoms with Crippen LogP contribution in [0, 0.1) is 11.8 Å². The Morgan fingerprint density at radius 3 is 2.60 bits per heavy atom. The van der Waals surface area contributed by atoms with Crippen molar-refractivity contribution in [1.29, 1.82) is 0 Å². The molecule has 1 amide bonds. The zero-order chi connectivity index (χ0) is 14.1. The highest BCUT2D eigenvalue weighted by molar-refractivity contribution is 5.84. The van der Waals surface area contributed by atoms with Crippen LogP contribution in [0.4, 0.5) is 0 Å². The van der Waals surface area contributed by atoms with Gasteiger partial charge in [0.25, 0.3) is 0 Å². The summed E-state index contributed by atoms with van der Waals surface area (Å²) in [6, 6.07) is 0.534. The van der Waals surface area contributed by atoms with Crippen LogP contribution >= 0.6 is 0 Å². The van der Waals surface area contributed by atoms with Gasteiger partial charge in [-0.1, -0.05) is 39.0 Å². The van der Waals surface area contributed by atoms with Gasteiger partial charge < -0.3 is 4.90 Å². The molecule has 2 aliphatic carbocycles. The zero-order valence-corrected chi connectivity index (χ0v) is 13.1. The highest BCUT2D eigenvalue weighted by atomic mass is 16.2. The highest BCUT2D eigenvalue weighted by Gasteiger charge is 2.45. The van der Waals surface area contributed by atoms with Crippen molar-refractivity contribution >= 4 is 5.91 Å². The average molecular weight is 278 g/mol. The van der Waals surface area contributed by atoms with Crippen LogP contribution < -0.4 is 5.32 Å². The van der Waals surface area contributed by atoms with Crippen molar-refractivity contribution in [2.24, 2.45) is 11.8 Å². The van der Waals surface area contributed by atoms with Gasteiger partial charge in [-0.2, -0.15) is 0 Å². The Bertz CT molecular complexity index is 351. The van der Waals surface area contributed by atoms with E-state index in [1.165, 1.54) is 57.8 Å². The molecule has 1 heterocycles. The number of nitrogens with zero attached hydrogens (tertiary/aromatic N) is 1. The molecule has 3 fully saturated rings. The predicted molar refractivity (Wildman–Crippen MR) is 81.2 cm³/mol.